The Balaban J connectivity index is 3.28. The van der Waals surface area contributed by atoms with Gasteiger partial charge in [0, 0.05) is 0 Å². The van der Waals surface area contributed by atoms with E-state index in [1.807, 2.05) is 0 Å². The summed E-state index contributed by atoms with van der Waals surface area (Å²) in [6.07, 6.45) is 47.9. The second-order valence-corrected chi connectivity index (χ2v) is 12.2. The van der Waals surface area contributed by atoms with Crippen LogP contribution in [0, 0.1) is 0 Å². The average molecular weight is 579 g/mol. The van der Waals surface area contributed by atoms with Crippen LogP contribution in [0.25, 0.3) is 0 Å². The summed E-state index contributed by atoms with van der Waals surface area (Å²) in [4.78, 5) is 0. The zero-order valence-electron chi connectivity index (χ0n) is 26.7. The molecule has 0 fully saturated rings. The van der Waals surface area contributed by atoms with Gasteiger partial charge in [-0.2, -0.15) is 0 Å². The van der Waals surface area contributed by atoms with Crippen LogP contribution in [0.3, 0.4) is 0 Å². The predicted molar refractivity (Wildman–Crippen MR) is 180 cm³/mol. The molecular weight excluding hydrogens is 511 g/mol. The van der Waals surface area contributed by atoms with Gasteiger partial charge in [-0.1, -0.05) is 140 Å². The highest BCUT2D eigenvalue weighted by molar-refractivity contribution is 7.33. The minimum atomic E-state index is -2.30. The van der Waals surface area contributed by atoms with Crippen molar-refractivity contribution < 1.29 is 13.6 Å². The Labute approximate surface area is 251 Å². The second-order valence-electron chi connectivity index (χ2n) is 11.1. The molecule has 0 N–H and O–H groups in total. The summed E-state index contributed by atoms with van der Waals surface area (Å²) in [5.41, 5.74) is 0. The Morgan fingerprint density at radius 2 is 0.700 bits per heavy atom. The van der Waals surface area contributed by atoms with E-state index in [1.54, 1.807) is 0 Å². The van der Waals surface area contributed by atoms with E-state index in [4.69, 9.17) is 9.05 Å². The largest absolute Gasteiger partial charge is 0.319 e. The molecule has 0 radical (unpaired) electrons. The fraction of sp³-hybridized carbons (Fsp3) is 0.778. The summed E-state index contributed by atoms with van der Waals surface area (Å²) in [5.74, 6) is 0. The van der Waals surface area contributed by atoms with Crippen molar-refractivity contribution in [3.63, 3.8) is 0 Å². The molecule has 0 aromatic rings. The molecule has 0 aromatic heterocycles. The van der Waals surface area contributed by atoms with E-state index in [0.717, 1.165) is 38.5 Å². The van der Waals surface area contributed by atoms with E-state index in [-0.39, 0.29) is 0 Å². The summed E-state index contributed by atoms with van der Waals surface area (Å²) in [6.45, 7) is 5.64. The molecule has 4 heteroatoms. The molecule has 0 heterocycles. The third-order valence-electron chi connectivity index (χ3n) is 7.13. The molecule has 0 spiro atoms. The van der Waals surface area contributed by atoms with Gasteiger partial charge in [0.15, 0.2) is 0 Å². The first-order chi connectivity index (χ1) is 19.8. The molecular formula is C36H67O3P. The highest BCUT2D eigenvalue weighted by Gasteiger charge is 2.00. The molecule has 0 bridgehead atoms. The van der Waals surface area contributed by atoms with Crippen molar-refractivity contribution in [1.82, 2.24) is 0 Å². The molecule has 0 aliphatic rings. The number of hydrogen-bond acceptors (Lipinski definition) is 3. The van der Waals surface area contributed by atoms with Crippen molar-refractivity contribution in [3.05, 3.63) is 48.6 Å². The number of allylic oxidation sites excluding steroid dienone is 8. The number of hydrogen-bond donors (Lipinski definition) is 0. The zero-order valence-corrected chi connectivity index (χ0v) is 27.7. The average Bonchev–Trinajstić information content (AvgIpc) is 2.96. The van der Waals surface area contributed by atoms with Gasteiger partial charge in [0.25, 0.3) is 0 Å². The standard InChI is InChI=1S/C36H67O3P/c1-3-5-7-9-11-13-15-17-19-21-23-25-27-29-31-33-35-38-40(37)39-36-34-32-30-28-26-24-22-20-18-16-14-12-10-8-6-4-2/h11-14,17-20,40H,3-10,15-16,21-36H2,1-2H3/b13-11-,14-12-,19-17-,20-18-. The maximum atomic E-state index is 11.9. The highest BCUT2D eigenvalue weighted by Crippen LogP contribution is 2.25. The van der Waals surface area contributed by atoms with E-state index in [1.165, 1.54) is 116 Å². The van der Waals surface area contributed by atoms with E-state index in [0.29, 0.717) is 13.2 Å². The monoisotopic (exact) mass is 578 g/mol. The fourth-order valence-electron chi connectivity index (χ4n) is 4.53. The van der Waals surface area contributed by atoms with Crippen molar-refractivity contribution in [2.45, 2.75) is 168 Å². The molecule has 234 valence electrons. The fourth-order valence-corrected chi connectivity index (χ4v) is 5.24. The van der Waals surface area contributed by atoms with Gasteiger partial charge < -0.3 is 9.05 Å². The normalized spacial score (nSPS) is 12.5. The minimum absolute atomic E-state index is 0.566. The molecule has 0 aromatic carbocycles. The van der Waals surface area contributed by atoms with Crippen molar-refractivity contribution in [2.24, 2.45) is 0 Å². The van der Waals surface area contributed by atoms with Crippen LogP contribution in [0.2, 0.25) is 0 Å². The molecule has 3 nitrogen and oxygen atoms in total. The molecule has 0 atom stereocenters. The number of rotatable bonds is 32. The van der Waals surface area contributed by atoms with Gasteiger partial charge in [-0.15, -0.1) is 0 Å². The lowest BCUT2D eigenvalue weighted by Crippen LogP contribution is -1.92. The van der Waals surface area contributed by atoms with Gasteiger partial charge in [-0.05, 0) is 77.0 Å². The predicted octanol–water partition coefficient (Wildman–Crippen LogP) is 13.0. The first-order valence-electron chi connectivity index (χ1n) is 17.2. The zero-order chi connectivity index (χ0) is 29.0. The lowest BCUT2D eigenvalue weighted by atomic mass is 10.1. The Kier molecular flexibility index (Phi) is 35.3. The molecule has 0 saturated heterocycles. The van der Waals surface area contributed by atoms with Gasteiger partial charge in [-0.3, -0.25) is 4.57 Å². The van der Waals surface area contributed by atoms with E-state index in [2.05, 4.69) is 62.5 Å². The lowest BCUT2D eigenvalue weighted by Gasteiger charge is -2.06. The van der Waals surface area contributed by atoms with Crippen LogP contribution < -0.4 is 0 Å². The number of unbranched alkanes of at least 4 members (excludes halogenated alkanes) is 18. The van der Waals surface area contributed by atoms with Crippen molar-refractivity contribution in [3.8, 4) is 0 Å². The Morgan fingerprint density at radius 1 is 0.400 bits per heavy atom. The molecule has 0 aliphatic carbocycles. The topological polar surface area (TPSA) is 35.5 Å². The van der Waals surface area contributed by atoms with Crippen molar-refractivity contribution >= 4 is 8.25 Å². The van der Waals surface area contributed by atoms with E-state index < -0.39 is 8.25 Å². The van der Waals surface area contributed by atoms with Gasteiger partial charge in [0.05, 0.1) is 13.2 Å². The van der Waals surface area contributed by atoms with Gasteiger partial charge in [0.2, 0.25) is 0 Å². The third-order valence-corrected chi connectivity index (χ3v) is 8.01. The first kappa shape index (κ1) is 39.1. The summed E-state index contributed by atoms with van der Waals surface area (Å²) in [7, 11) is -2.30. The SMILES string of the molecule is CCCCC/C=C\C/C=C\CCCCCCCCO[PH](=O)OCCCCCCCC/C=C\C/C=C\CCCCC. The molecule has 0 saturated carbocycles. The Bertz CT molecular complexity index is 572. The summed E-state index contributed by atoms with van der Waals surface area (Å²) in [5, 5.41) is 0. The van der Waals surface area contributed by atoms with E-state index in [9.17, 15) is 4.57 Å². The first-order valence-corrected chi connectivity index (χ1v) is 18.4. The van der Waals surface area contributed by atoms with Crippen LogP contribution in [0.5, 0.6) is 0 Å². The lowest BCUT2D eigenvalue weighted by molar-refractivity contribution is 0.218. The summed E-state index contributed by atoms with van der Waals surface area (Å²) >= 11 is 0. The third kappa shape index (κ3) is 35.1. The van der Waals surface area contributed by atoms with Crippen LogP contribution in [0.4, 0.5) is 0 Å². The Hall–Kier alpha value is -0.890. The maximum Gasteiger partial charge on any atom is 0.319 e. The highest BCUT2D eigenvalue weighted by atomic mass is 31.1. The maximum absolute atomic E-state index is 11.9. The van der Waals surface area contributed by atoms with Gasteiger partial charge in [-0.25, -0.2) is 0 Å². The van der Waals surface area contributed by atoms with Crippen LogP contribution in [-0.4, -0.2) is 13.2 Å². The summed E-state index contributed by atoms with van der Waals surface area (Å²) in [6, 6.07) is 0. The van der Waals surface area contributed by atoms with Crippen LogP contribution in [0.15, 0.2) is 48.6 Å². The van der Waals surface area contributed by atoms with Gasteiger partial charge in [0.1, 0.15) is 0 Å². The molecule has 0 aliphatic heterocycles. The van der Waals surface area contributed by atoms with Crippen LogP contribution in [0.1, 0.15) is 168 Å². The Morgan fingerprint density at radius 3 is 1.05 bits per heavy atom. The quantitative estimate of drug-likeness (QED) is 0.0452. The van der Waals surface area contributed by atoms with Crippen molar-refractivity contribution in [1.29, 1.82) is 0 Å². The second kappa shape index (κ2) is 36.1. The molecule has 0 amide bonds. The van der Waals surface area contributed by atoms with Crippen LogP contribution >= 0.6 is 8.25 Å². The molecule has 40 heavy (non-hydrogen) atoms. The van der Waals surface area contributed by atoms with Crippen molar-refractivity contribution in [2.75, 3.05) is 13.2 Å². The molecule has 0 rings (SSSR count). The minimum Gasteiger partial charge on any atom is -0.311 e. The van der Waals surface area contributed by atoms with E-state index >= 15 is 0 Å². The summed E-state index contributed by atoms with van der Waals surface area (Å²) < 4.78 is 22.7. The van der Waals surface area contributed by atoms with Gasteiger partial charge >= 0.3 is 8.25 Å². The smallest absolute Gasteiger partial charge is 0.311 e. The van der Waals surface area contributed by atoms with Crippen LogP contribution in [-0.2, 0) is 13.6 Å². The molecule has 0 unspecified atom stereocenters.